The van der Waals surface area contributed by atoms with E-state index < -0.39 is 53.0 Å². The van der Waals surface area contributed by atoms with Gasteiger partial charge in [-0.1, -0.05) is 0 Å². The molecule has 5 atom stereocenters. The molecule has 1 saturated heterocycles. The topological polar surface area (TPSA) is 203 Å². The third-order valence-electron chi connectivity index (χ3n) is 2.33. The van der Waals surface area contributed by atoms with E-state index in [4.69, 9.17) is 19.6 Å². The molecule has 0 aromatic rings. The summed E-state index contributed by atoms with van der Waals surface area (Å²) in [5.41, 5.74) is 0. The van der Waals surface area contributed by atoms with Crippen LogP contribution < -0.4 is 0 Å². The zero-order chi connectivity index (χ0) is 15.7. The number of phosphoric acid groups is 2. The highest BCUT2D eigenvalue weighted by atomic mass is 31.2. The zero-order valence-corrected chi connectivity index (χ0v) is 11.4. The van der Waals surface area contributed by atoms with Crippen LogP contribution in [0.15, 0.2) is 0 Å². The summed E-state index contributed by atoms with van der Waals surface area (Å²) in [5, 5.41) is 28.4. The van der Waals surface area contributed by atoms with Crippen molar-refractivity contribution in [2.75, 3.05) is 6.61 Å². The van der Waals surface area contributed by atoms with Gasteiger partial charge in [-0.15, -0.1) is 0 Å². The molecule has 0 aromatic carbocycles. The minimum absolute atomic E-state index is 0.907. The summed E-state index contributed by atoms with van der Waals surface area (Å²) in [5.74, 6) is 0. The van der Waals surface area contributed by atoms with Gasteiger partial charge < -0.3 is 39.6 Å². The molecular formula is C6H14O12P2. The van der Waals surface area contributed by atoms with Crippen LogP contribution in [0.5, 0.6) is 0 Å². The van der Waals surface area contributed by atoms with Crippen molar-refractivity contribution in [3.8, 4) is 0 Å². The molecule has 14 heteroatoms. The van der Waals surface area contributed by atoms with Gasteiger partial charge in [-0.3, -0.25) is 9.05 Å². The predicted molar refractivity (Wildman–Crippen MR) is 57.8 cm³/mol. The maximum absolute atomic E-state index is 10.7. The van der Waals surface area contributed by atoms with Crippen LogP contribution in [0.25, 0.3) is 0 Å². The van der Waals surface area contributed by atoms with Crippen LogP contribution in [0.3, 0.4) is 0 Å². The lowest BCUT2D eigenvalue weighted by Crippen LogP contribution is -2.59. The lowest BCUT2D eigenvalue weighted by molar-refractivity contribution is -0.282. The highest BCUT2D eigenvalue weighted by Gasteiger charge is 2.47. The molecule has 1 aliphatic heterocycles. The van der Waals surface area contributed by atoms with E-state index in [-0.39, 0.29) is 0 Å². The van der Waals surface area contributed by atoms with E-state index in [1.807, 2.05) is 0 Å². The highest BCUT2D eigenvalue weighted by molar-refractivity contribution is 7.46. The van der Waals surface area contributed by atoms with E-state index in [9.17, 15) is 24.4 Å². The van der Waals surface area contributed by atoms with Gasteiger partial charge in [-0.25, -0.2) is 9.13 Å². The molecule has 0 radical (unpaired) electrons. The van der Waals surface area contributed by atoms with Gasteiger partial charge in [-0.05, 0) is 0 Å². The molecular weight excluding hydrogens is 326 g/mol. The van der Waals surface area contributed by atoms with Gasteiger partial charge in [0.2, 0.25) is 0 Å². The minimum Gasteiger partial charge on any atom is -0.387 e. The number of aliphatic hydroxyl groups excluding tert-OH is 3. The Morgan fingerprint density at radius 2 is 1.50 bits per heavy atom. The van der Waals surface area contributed by atoms with Crippen LogP contribution in [0.1, 0.15) is 0 Å². The van der Waals surface area contributed by atoms with Gasteiger partial charge in [0.1, 0.15) is 24.4 Å². The van der Waals surface area contributed by atoms with Crippen molar-refractivity contribution in [2.24, 2.45) is 0 Å². The minimum atomic E-state index is -5.09. The third-order valence-corrected chi connectivity index (χ3v) is 3.33. The molecule has 0 saturated carbocycles. The monoisotopic (exact) mass is 340 g/mol. The number of phosphoric ester groups is 2. The number of hydrogen-bond donors (Lipinski definition) is 7. The first-order chi connectivity index (χ1) is 8.91. The van der Waals surface area contributed by atoms with Crippen molar-refractivity contribution < 1.29 is 57.8 Å². The van der Waals surface area contributed by atoms with Crippen molar-refractivity contribution in [3.63, 3.8) is 0 Å². The van der Waals surface area contributed by atoms with Crippen LogP contribution in [-0.4, -0.2) is 72.2 Å². The number of rotatable bonds is 5. The Morgan fingerprint density at radius 3 is 1.95 bits per heavy atom. The van der Waals surface area contributed by atoms with E-state index in [2.05, 4.69) is 13.8 Å². The standard InChI is InChI=1S/C6H14O12P2/c7-3-2(1-16-19(10,11)12)17-6(9)4(8)5(3)18-20(13,14)15/h2-9H,1H2,(H2,10,11,12)(H2,13,14,15)/t2-,3-,4-,5+,6+/m1/s1. The van der Waals surface area contributed by atoms with Crippen LogP contribution in [0.4, 0.5) is 0 Å². The van der Waals surface area contributed by atoms with Crippen LogP contribution in [0.2, 0.25) is 0 Å². The maximum atomic E-state index is 10.7. The molecule has 7 N–H and O–H groups in total. The van der Waals surface area contributed by atoms with Gasteiger partial charge in [0.15, 0.2) is 6.29 Å². The lowest BCUT2D eigenvalue weighted by atomic mass is 9.99. The second-order valence-electron chi connectivity index (χ2n) is 3.89. The van der Waals surface area contributed by atoms with Crippen LogP contribution >= 0.6 is 15.6 Å². The molecule has 0 spiro atoms. The van der Waals surface area contributed by atoms with Gasteiger partial charge in [0.05, 0.1) is 6.61 Å². The summed E-state index contributed by atoms with van der Waals surface area (Å²) in [4.78, 5) is 34.2. The van der Waals surface area contributed by atoms with E-state index in [1.165, 1.54) is 0 Å². The average molecular weight is 340 g/mol. The first kappa shape index (κ1) is 18.1. The Kier molecular flexibility index (Phi) is 5.83. The first-order valence-corrected chi connectivity index (χ1v) is 8.10. The predicted octanol–water partition coefficient (Wildman–Crippen LogP) is -2.99. The van der Waals surface area contributed by atoms with Crippen LogP contribution in [-0.2, 0) is 22.9 Å². The second-order valence-corrected chi connectivity index (χ2v) is 6.32. The Bertz CT molecular complexity index is 414. The normalized spacial score (nSPS) is 36.0. The van der Waals surface area contributed by atoms with E-state index in [0.717, 1.165) is 0 Å². The molecule has 0 aromatic heterocycles. The SMILES string of the molecule is O=P(O)(O)OC[C@H]1O[C@H](O)[C@H](O)[C@@H](OP(=O)(O)O)[C@@H]1O. The van der Waals surface area contributed by atoms with Crippen LogP contribution in [0, 0.1) is 0 Å². The Hall–Kier alpha value is 0.0600. The fourth-order valence-corrected chi connectivity index (χ4v) is 2.42. The summed E-state index contributed by atoms with van der Waals surface area (Å²) in [6.07, 6.45) is -9.42. The zero-order valence-electron chi connectivity index (χ0n) is 9.66. The number of ether oxygens (including phenoxy) is 1. The van der Waals surface area contributed by atoms with Crippen molar-refractivity contribution in [1.29, 1.82) is 0 Å². The summed E-state index contributed by atoms with van der Waals surface area (Å²) in [6, 6.07) is 0. The molecule has 1 heterocycles. The van der Waals surface area contributed by atoms with E-state index >= 15 is 0 Å². The van der Waals surface area contributed by atoms with Crippen molar-refractivity contribution in [3.05, 3.63) is 0 Å². The Labute approximate surface area is 112 Å². The molecule has 0 unspecified atom stereocenters. The molecule has 1 rings (SSSR count). The molecule has 0 amide bonds. The second kappa shape index (κ2) is 6.44. The van der Waals surface area contributed by atoms with Crippen molar-refractivity contribution in [2.45, 2.75) is 30.7 Å². The van der Waals surface area contributed by atoms with Crippen molar-refractivity contribution in [1.82, 2.24) is 0 Å². The number of hydrogen-bond acceptors (Lipinski definition) is 8. The van der Waals surface area contributed by atoms with E-state index in [1.54, 1.807) is 0 Å². The molecule has 0 bridgehead atoms. The lowest BCUT2D eigenvalue weighted by Gasteiger charge is -2.40. The largest absolute Gasteiger partial charge is 0.470 e. The van der Waals surface area contributed by atoms with Crippen molar-refractivity contribution >= 4 is 15.6 Å². The van der Waals surface area contributed by atoms with Gasteiger partial charge in [0, 0.05) is 0 Å². The summed E-state index contributed by atoms with van der Waals surface area (Å²) >= 11 is 0. The van der Waals surface area contributed by atoms with Gasteiger partial charge in [-0.2, -0.15) is 0 Å². The Balaban J connectivity index is 2.79. The quantitative estimate of drug-likeness (QED) is 0.250. The molecule has 120 valence electrons. The van der Waals surface area contributed by atoms with E-state index in [0.29, 0.717) is 0 Å². The molecule has 20 heavy (non-hydrogen) atoms. The Morgan fingerprint density at radius 1 is 0.950 bits per heavy atom. The molecule has 12 nitrogen and oxygen atoms in total. The molecule has 1 aliphatic rings. The first-order valence-electron chi connectivity index (χ1n) is 5.04. The highest BCUT2D eigenvalue weighted by Crippen LogP contribution is 2.42. The summed E-state index contributed by atoms with van der Waals surface area (Å²) < 4.78 is 34.0. The maximum Gasteiger partial charge on any atom is 0.470 e. The van der Waals surface area contributed by atoms with Gasteiger partial charge in [0.25, 0.3) is 0 Å². The third kappa shape index (κ3) is 5.45. The fourth-order valence-electron chi connectivity index (χ4n) is 1.51. The smallest absolute Gasteiger partial charge is 0.387 e. The molecule has 1 fully saturated rings. The summed E-state index contributed by atoms with van der Waals surface area (Å²) in [6.45, 7) is -0.907. The fraction of sp³-hybridized carbons (Fsp3) is 1.00. The average Bonchev–Trinajstić information content (AvgIpc) is 2.25. The number of aliphatic hydroxyl groups is 3. The van der Waals surface area contributed by atoms with Gasteiger partial charge >= 0.3 is 15.6 Å². The molecule has 0 aliphatic carbocycles. The summed E-state index contributed by atoms with van der Waals surface area (Å²) in [7, 11) is -9.98.